The van der Waals surface area contributed by atoms with Crippen LogP contribution in [-0.2, 0) is 6.42 Å². The van der Waals surface area contributed by atoms with E-state index in [4.69, 9.17) is 5.11 Å². The van der Waals surface area contributed by atoms with Crippen molar-refractivity contribution in [3.63, 3.8) is 0 Å². The van der Waals surface area contributed by atoms with Crippen LogP contribution in [0.5, 0.6) is 0 Å². The first-order valence-electron chi connectivity index (χ1n) is 5.49. The Bertz CT molecular complexity index is 574. The van der Waals surface area contributed by atoms with E-state index in [2.05, 4.69) is 10.1 Å². The molecule has 1 aromatic heterocycles. The van der Waals surface area contributed by atoms with Gasteiger partial charge in [0.05, 0.1) is 6.04 Å². The fraction of sp³-hybridized carbons (Fsp3) is 0.250. The summed E-state index contributed by atoms with van der Waals surface area (Å²) in [4.78, 5) is 14.8. The van der Waals surface area contributed by atoms with Gasteiger partial charge in [-0.15, -0.1) is 5.10 Å². The summed E-state index contributed by atoms with van der Waals surface area (Å²) in [6.45, 7) is 0. The van der Waals surface area contributed by atoms with Gasteiger partial charge in [-0.3, -0.25) is 0 Å². The summed E-state index contributed by atoms with van der Waals surface area (Å²) in [5.41, 5.74) is 1.15. The molecule has 0 bridgehead atoms. The van der Waals surface area contributed by atoms with Crippen molar-refractivity contribution in [3.05, 3.63) is 47.5 Å². The Morgan fingerprint density at radius 2 is 2.11 bits per heavy atom. The fourth-order valence-electron chi connectivity index (χ4n) is 2.24. The minimum atomic E-state index is -1.07. The SMILES string of the molecule is O=C(O)c1nc2n(n1)C(c1ccccc1)CC2.[H-].[Li+]. The third-order valence-electron chi connectivity index (χ3n) is 3.01. The summed E-state index contributed by atoms with van der Waals surface area (Å²) >= 11 is 0. The van der Waals surface area contributed by atoms with E-state index in [9.17, 15) is 4.79 Å². The van der Waals surface area contributed by atoms with Crippen LogP contribution < -0.4 is 18.9 Å². The summed E-state index contributed by atoms with van der Waals surface area (Å²) in [6, 6.07) is 10.1. The number of aromatic nitrogens is 3. The summed E-state index contributed by atoms with van der Waals surface area (Å²) in [5, 5.41) is 12.9. The zero-order valence-corrected chi connectivity index (χ0v) is 10.1. The molecule has 2 aromatic rings. The molecule has 1 aromatic carbocycles. The van der Waals surface area contributed by atoms with Crippen molar-refractivity contribution in [1.82, 2.24) is 14.8 Å². The van der Waals surface area contributed by atoms with Crippen LogP contribution >= 0.6 is 0 Å². The molecule has 0 amide bonds. The third-order valence-corrected chi connectivity index (χ3v) is 3.01. The van der Waals surface area contributed by atoms with Gasteiger partial charge in [0.15, 0.2) is 0 Å². The van der Waals surface area contributed by atoms with Gasteiger partial charge in [-0.2, -0.15) is 0 Å². The fourth-order valence-corrected chi connectivity index (χ4v) is 2.24. The molecule has 0 saturated carbocycles. The molecule has 1 aliphatic heterocycles. The number of aryl methyl sites for hydroxylation is 1. The largest absolute Gasteiger partial charge is 1.00 e. The van der Waals surface area contributed by atoms with Crippen LogP contribution in [0.4, 0.5) is 0 Å². The zero-order valence-electron chi connectivity index (χ0n) is 11.1. The van der Waals surface area contributed by atoms with E-state index >= 15 is 0 Å². The van der Waals surface area contributed by atoms with E-state index in [0.29, 0.717) is 0 Å². The van der Waals surface area contributed by atoms with Gasteiger partial charge >= 0.3 is 24.8 Å². The van der Waals surface area contributed by atoms with Gasteiger partial charge in [-0.25, -0.2) is 14.5 Å². The number of aromatic carboxylic acids is 1. The standard InChI is InChI=1S/C12H11N3O2.Li.H/c16-12(17)11-13-10-7-6-9(15(10)14-11)8-4-2-1-3-5-8;;/h1-5,9H,6-7H2,(H,16,17);;/q;+1;-1. The Kier molecular flexibility index (Phi) is 3.55. The Hall–Kier alpha value is -1.57. The zero-order chi connectivity index (χ0) is 11.8. The maximum absolute atomic E-state index is 10.8. The molecule has 0 saturated heterocycles. The molecule has 18 heavy (non-hydrogen) atoms. The van der Waals surface area contributed by atoms with E-state index in [1.54, 1.807) is 4.68 Å². The van der Waals surface area contributed by atoms with Crippen LogP contribution in [0.25, 0.3) is 0 Å². The molecule has 6 heteroatoms. The predicted octanol–water partition coefficient (Wildman–Crippen LogP) is -1.37. The summed E-state index contributed by atoms with van der Waals surface area (Å²) in [6.07, 6.45) is 1.71. The molecule has 0 radical (unpaired) electrons. The third kappa shape index (κ3) is 2.07. The number of carbonyl (C=O) groups is 1. The molecular weight excluding hydrogens is 225 g/mol. The normalized spacial score (nSPS) is 17.0. The quantitative estimate of drug-likeness (QED) is 0.654. The monoisotopic (exact) mass is 237 g/mol. The molecule has 1 aliphatic rings. The molecule has 1 N–H and O–H groups in total. The Balaban J connectivity index is 0.000000902. The van der Waals surface area contributed by atoms with E-state index in [1.807, 2.05) is 30.3 Å². The van der Waals surface area contributed by atoms with Crippen LogP contribution in [0.3, 0.4) is 0 Å². The topological polar surface area (TPSA) is 68.0 Å². The first-order valence-corrected chi connectivity index (χ1v) is 5.49. The second-order valence-electron chi connectivity index (χ2n) is 4.07. The number of hydrogen-bond donors (Lipinski definition) is 1. The van der Waals surface area contributed by atoms with Crippen LogP contribution in [-0.4, -0.2) is 25.8 Å². The van der Waals surface area contributed by atoms with Gasteiger partial charge in [-0.05, 0) is 12.0 Å². The number of carboxylic acid groups (broad SMARTS) is 1. The Labute approximate surface area is 118 Å². The minimum Gasteiger partial charge on any atom is -1.00 e. The second-order valence-corrected chi connectivity index (χ2v) is 4.07. The van der Waals surface area contributed by atoms with Crippen molar-refractivity contribution in [3.8, 4) is 0 Å². The number of hydrogen-bond acceptors (Lipinski definition) is 3. The molecular formula is C12H12LiN3O2. The number of benzene rings is 1. The average molecular weight is 237 g/mol. The van der Waals surface area contributed by atoms with Crippen LogP contribution in [0.1, 0.15) is 35.9 Å². The smallest absolute Gasteiger partial charge is 1.00 e. The van der Waals surface area contributed by atoms with Gasteiger partial charge < -0.3 is 6.53 Å². The molecule has 88 valence electrons. The molecule has 2 heterocycles. The first kappa shape index (κ1) is 12.9. The van der Waals surface area contributed by atoms with Gasteiger partial charge in [0, 0.05) is 6.42 Å². The van der Waals surface area contributed by atoms with Crippen molar-refractivity contribution in [2.45, 2.75) is 18.9 Å². The maximum atomic E-state index is 10.8. The molecule has 3 rings (SSSR count). The first-order chi connectivity index (χ1) is 8.25. The van der Waals surface area contributed by atoms with Crippen LogP contribution in [0.15, 0.2) is 30.3 Å². The van der Waals surface area contributed by atoms with E-state index < -0.39 is 5.97 Å². The molecule has 5 nitrogen and oxygen atoms in total. The van der Waals surface area contributed by atoms with Crippen LogP contribution in [0, 0.1) is 0 Å². The maximum Gasteiger partial charge on any atom is 1.00 e. The molecule has 0 spiro atoms. The van der Waals surface area contributed by atoms with Gasteiger partial charge in [0.2, 0.25) is 0 Å². The Morgan fingerprint density at radius 3 is 2.78 bits per heavy atom. The number of nitrogens with zero attached hydrogens (tertiary/aromatic N) is 3. The number of rotatable bonds is 2. The predicted molar refractivity (Wildman–Crippen MR) is 61.0 cm³/mol. The van der Waals surface area contributed by atoms with Crippen LogP contribution in [0.2, 0.25) is 0 Å². The molecule has 1 atom stereocenters. The molecule has 0 fully saturated rings. The van der Waals surface area contributed by atoms with Crippen molar-refractivity contribution < 1.29 is 30.2 Å². The number of carboxylic acids is 1. The van der Waals surface area contributed by atoms with Crippen molar-refractivity contribution in [2.24, 2.45) is 0 Å². The summed E-state index contributed by atoms with van der Waals surface area (Å²) in [5.74, 6) is -0.421. The van der Waals surface area contributed by atoms with Crippen molar-refractivity contribution >= 4 is 5.97 Å². The molecule has 1 unspecified atom stereocenters. The Morgan fingerprint density at radius 1 is 1.39 bits per heavy atom. The average Bonchev–Trinajstić information content (AvgIpc) is 2.89. The van der Waals surface area contributed by atoms with Gasteiger partial charge in [0.25, 0.3) is 5.82 Å². The van der Waals surface area contributed by atoms with Crippen molar-refractivity contribution in [2.75, 3.05) is 0 Å². The molecule has 0 aliphatic carbocycles. The number of fused-ring (bicyclic) bond motifs is 1. The summed E-state index contributed by atoms with van der Waals surface area (Å²) < 4.78 is 1.73. The minimum absolute atomic E-state index is 0. The summed E-state index contributed by atoms with van der Waals surface area (Å²) in [7, 11) is 0. The van der Waals surface area contributed by atoms with E-state index in [0.717, 1.165) is 24.2 Å². The van der Waals surface area contributed by atoms with Gasteiger partial charge in [-0.1, -0.05) is 30.3 Å². The second kappa shape index (κ2) is 4.97. The van der Waals surface area contributed by atoms with Crippen molar-refractivity contribution in [1.29, 1.82) is 0 Å². The van der Waals surface area contributed by atoms with E-state index in [1.165, 1.54) is 0 Å². The van der Waals surface area contributed by atoms with Gasteiger partial charge in [0.1, 0.15) is 5.82 Å². The van der Waals surface area contributed by atoms with E-state index in [-0.39, 0.29) is 32.2 Å².